The molecule has 1 atom stereocenters. The van der Waals surface area contributed by atoms with E-state index in [1.165, 1.54) is 12.8 Å². The van der Waals surface area contributed by atoms with E-state index in [2.05, 4.69) is 5.32 Å². The molecule has 0 unspecified atom stereocenters. The van der Waals surface area contributed by atoms with Crippen LogP contribution in [0, 0.1) is 5.92 Å². The van der Waals surface area contributed by atoms with Gasteiger partial charge in [-0.2, -0.15) is 0 Å². The van der Waals surface area contributed by atoms with Gasteiger partial charge in [0, 0.05) is 17.5 Å². The van der Waals surface area contributed by atoms with Crippen molar-refractivity contribution in [2.24, 2.45) is 5.92 Å². The molecule has 0 bridgehead atoms. The van der Waals surface area contributed by atoms with E-state index >= 15 is 0 Å². The second-order valence-corrected chi connectivity index (χ2v) is 4.41. The molecule has 3 heteroatoms. The van der Waals surface area contributed by atoms with E-state index in [-0.39, 0.29) is 0 Å². The normalized spacial score (nSPS) is 21.3. The molecule has 0 radical (unpaired) electrons. The highest BCUT2D eigenvalue weighted by atomic mass is 35.5. The fraction of sp³-hybridized carbons (Fsp3) is 0.500. The highest BCUT2D eigenvalue weighted by Crippen LogP contribution is 2.17. The van der Waals surface area contributed by atoms with Gasteiger partial charge in [0.1, 0.15) is 5.75 Å². The molecule has 1 aliphatic rings. The van der Waals surface area contributed by atoms with Crippen molar-refractivity contribution in [3.05, 3.63) is 29.3 Å². The van der Waals surface area contributed by atoms with Gasteiger partial charge in [0.2, 0.25) is 0 Å². The molecule has 1 aliphatic heterocycles. The first-order valence-electron chi connectivity index (χ1n) is 5.44. The summed E-state index contributed by atoms with van der Waals surface area (Å²) in [5, 5.41) is 4.13. The summed E-state index contributed by atoms with van der Waals surface area (Å²) in [6, 6.07) is 7.54. The fourth-order valence-corrected chi connectivity index (χ4v) is 1.94. The predicted octanol–water partition coefficient (Wildman–Crippen LogP) is 2.72. The highest BCUT2D eigenvalue weighted by molar-refractivity contribution is 6.30. The standard InChI is InChI=1S/C12H16ClNO/c13-11-3-5-12(6-4-11)15-9-10-2-1-7-14-8-10/h3-6,10,14H,1-2,7-9H2/t10-/m1/s1. The van der Waals surface area contributed by atoms with E-state index in [1.807, 2.05) is 24.3 Å². The van der Waals surface area contributed by atoms with Crippen LogP contribution in [0.1, 0.15) is 12.8 Å². The molecule has 1 fully saturated rings. The molecule has 0 amide bonds. The maximum absolute atomic E-state index is 5.79. The fourth-order valence-electron chi connectivity index (χ4n) is 1.81. The minimum atomic E-state index is 0.648. The zero-order valence-corrected chi connectivity index (χ0v) is 9.46. The van der Waals surface area contributed by atoms with E-state index in [1.54, 1.807) is 0 Å². The Labute approximate surface area is 95.6 Å². The Hall–Kier alpha value is -0.730. The van der Waals surface area contributed by atoms with Gasteiger partial charge in [0.15, 0.2) is 0 Å². The van der Waals surface area contributed by atoms with Crippen LogP contribution in [0.5, 0.6) is 5.75 Å². The summed E-state index contributed by atoms with van der Waals surface area (Å²) in [5.74, 6) is 1.56. The summed E-state index contributed by atoms with van der Waals surface area (Å²) in [6.45, 7) is 3.03. The summed E-state index contributed by atoms with van der Waals surface area (Å²) in [4.78, 5) is 0. The Kier molecular flexibility index (Phi) is 3.87. The Morgan fingerprint density at radius 1 is 1.33 bits per heavy atom. The van der Waals surface area contributed by atoms with Gasteiger partial charge >= 0.3 is 0 Å². The smallest absolute Gasteiger partial charge is 0.119 e. The summed E-state index contributed by atoms with van der Waals surface area (Å²) in [5.41, 5.74) is 0. The van der Waals surface area contributed by atoms with Crippen LogP contribution >= 0.6 is 11.6 Å². The molecule has 82 valence electrons. The Bertz CT molecular complexity index is 293. The van der Waals surface area contributed by atoms with Crippen LogP contribution in [-0.2, 0) is 0 Å². The first-order chi connectivity index (χ1) is 7.34. The molecule has 1 aromatic rings. The van der Waals surface area contributed by atoms with Crippen LogP contribution in [0.25, 0.3) is 0 Å². The van der Waals surface area contributed by atoms with Crippen molar-refractivity contribution in [3.63, 3.8) is 0 Å². The monoisotopic (exact) mass is 225 g/mol. The average Bonchev–Trinajstić information content (AvgIpc) is 2.30. The minimum Gasteiger partial charge on any atom is -0.493 e. The van der Waals surface area contributed by atoms with E-state index in [4.69, 9.17) is 16.3 Å². The number of nitrogens with one attached hydrogen (secondary N) is 1. The number of ether oxygens (including phenoxy) is 1. The van der Waals surface area contributed by atoms with Crippen molar-refractivity contribution in [1.82, 2.24) is 5.32 Å². The van der Waals surface area contributed by atoms with Gasteiger partial charge in [0.05, 0.1) is 6.61 Å². The van der Waals surface area contributed by atoms with Crippen molar-refractivity contribution in [2.75, 3.05) is 19.7 Å². The number of benzene rings is 1. The summed E-state index contributed by atoms with van der Waals surface area (Å²) in [6.07, 6.45) is 2.52. The molecule has 1 saturated heterocycles. The zero-order valence-electron chi connectivity index (χ0n) is 8.71. The van der Waals surface area contributed by atoms with Crippen molar-refractivity contribution in [2.45, 2.75) is 12.8 Å². The number of hydrogen-bond donors (Lipinski definition) is 1. The molecule has 0 saturated carbocycles. The lowest BCUT2D eigenvalue weighted by Crippen LogP contribution is -2.33. The molecule has 15 heavy (non-hydrogen) atoms. The molecule has 0 spiro atoms. The van der Waals surface area contributed by atoms with Gasteiger partial charge in [0.25, 0.3) is 0 Å². The molecule has 0 aliphatic carbocycles. The molecular formula is C12H16ClNO. The number of halogens is 1. The minimum absolute atomic E-state index is 0.648. The topological polar surface area (TPSA) is 21.3 Å². The maximum atomic E-state index is 5.79. The van der Waals surface area contributed by atoms with Crippen LogP contribution in [0.3, 0.4) is 0 Å². The molecule has 0 aromatic heterocycles. The van der Waals surface area contributed by atoms with Crippen molar-refractivity contribution >= 4 is 11.6 Å². The average molecular weight is 226 g/mol. The zero-order chi connectivity index (χ0) is 10.5. The van der Waals surface area contributed by atoms with E-state index in [9.17, 15) is 0 Å². The Balaban J connectivity index is 1.79. The summed E-state index contributed by atoms with van der Waals surface area (Å²) >= 11 is 5.79. The van der Waals surface area contributed by atoms with Crippen molar-refractivity contribution in [3.8, 4) is 5.75 Å². The maximum Gasteiger partial charge on any atom is 0.119 e. The van der Waals surface area contributed by atoms with Gasteiger partial charge in [-0.1, -0.05) is 11.6 Å². The number of piperidine rings is 1. The van der Waals surface area contributed by atoms with Crippen LogP contribution < -0.4 is 10.1 Å². The van der Waals surface area contributed by atoms with Gasteiger partial charge < -0.3 is 10.1 Å². The molecular weight excluding hydrogens is 210 g/mol. The van der Waals surface area contributed by atoms with E-state index in [0.29, 0.717) is 5.92 Å². The third kappa shape index (κ3) is 3.40. The molecule has 1 aromatic carbocycles. The third-order valence-electron chi connectivity index (χ3n) is 2.70. The van der Waals surface area contributed by atoms with Crippen LogP contribution in [0.4, 0.5) is 0 Å². The number of hydrogen-bond acceptors (Lipinski definition) is 2. The second kappa shape index (κ2) is 5.38. The molecule has 2 nitrogen and oxygen atoms in total. The quantitative estimate of drug-likeness (QED) is 0.854. The summed E-state index contributed by atoms with van der Waals surface area (Å²) in [7, 11) is 0. The Morgan fingerprint density at radius 3 is 2.80 bits per heavy atom. The van der Waals surface area contributed by atoms with Crippen molar-refractivity contribution in [1.29, 1.82) is 0 Å². The SMILES string of the molecule is Clc1ccc(OC[C@@H]2CCCNC2)cc1. The van der Waals surface area contributed by atoms with E-state index < -0.39 is 0 Å². The largest absolute Gasteiger partial charge is 0.493 e. The molecule has 1 heterocycles. The summed E-state index contributed by atoms with van der Waals surface area (Å²) < 4.78 is 5.70. The lowest BCUT2D eigenvalue weighted by Gasteiger charge is -2.22. The lowest BCUT2D eigenvalue weighted by molar-refractivity contribution is 0.218. The Morgan fingerprint density at radius 2 is 2.13 bits per heavy atom. The van der Waals surface area contributed by atoms with Crippen LogP contribution in [0.2, 0.25) is 5.02 Å². The van der Waals surface area contributed by atoms with Gasteiger partial charge in [-0.05, 0) is 43.7 Å². The highest BCUT2D eigenvalue weighted by Gasteiger charge is 2.13. The first kappa shape index (κ1) is 10.8. The van der Waals surface area contributed by atoms with Gasteiger partial charge in [-0.25, -0.2) is 0 Å². The predicted molar refractivity (Wildman–Crippen MR) is 62.5 cm³/mol. The van der Waals surface area contributed by atoms with Gasteiger partial charge in [-0.3, -0.25) is 0 Å². The van der Waals surface area contributed by atoms with E-state index in [0.717, 1.165) is 30.5 Å². The van der Waals surface area contributed by atoms with Crippen LogP contribution in [0.15, 0.2) is 24.3 Å². The molecule has 1 N–H and O–H groups in total. The second-order valence-electron chi connectivity index (χ2n) is 3.98. The molecule has 2 rings (SSSR count). The number of rotatable bonds is 3. The third-order valence-corrected chi connectivity index (χ3v) is 2.95. The van der Waals surface area contributed by atoms with Crippen LogP contribution in [-0.4, -0.2) is 19.7 Å². The lowest BCUT2D eigenvalue weighted by atomic mass is 10.0. The van der Waals surface area contributed by atoms with Gasteiger partial charge in [-0.15, -0.1) is 0 Å². The van der Waals surface area contributed by atoms with Crippen molar-refractivity contribution < 1.29 is 4.74 Å². The first-order valence-corrected chi connectivity index (χ1v) is 5.81.